The van der Waals surface area contributed by atoms with Crippen molar-refractivity contribution in [2.45, 2.75) is 40.0 Å². The lowest BCUT2D eigenvalue weighted by molar-refractivity contribution is 0.565. The maximum absolute atomic E-state index is 5.14. The van der Waals surface area contributed by atoms with Gasteiger partial charge in [-0.2, -0.15) is 9.61 Å². The molecule has 0 saturated carbocycles. The van der Waals surface area contributed by atoms with Crippen LogP contribution < -0.4 is 9.80 Å². The van der Waals surface area contributed by atoms with E-state index in [4.69, 9.17) is 10.1 Å². The molecule has 5 nitrogen and oxygen atoms in total. The second kappa shape index (κ2) is 8.22. The van der Waals surface area contributed by atoms with Crippen LogP contribution in [0.1, 0.15) is 37.7 Å². The van der Waals surface area contributed by atoms with E-state index in [0.717, 1.165) is 54.6 Å². The zero-order chi connectivity index (χ0) is 23.2. The maximum atomic E-state index is 5.14. The third kappa shape index (κ3) is 3.97. The molecule has 0 spiro atoms. The predicted molar refractivity (Wildman–Crippen MR) is 137 cm³/mol. The molecule has 1 aliphatic heterocycles. The maximum Gasteiger partial charge on any atom is 0.165 e. The molecule has 3 heterocycles. The molecule has 33 heavy (non-hydrogen) atoms. The number of rotatable bonds is 3. The number of aryl methyl sites for hydroxylation is 2. The van der Waals surface area contributed by atoms with Gasteiger partial charge in [0.05, 0.1) is 11.4 Å². The van der Waals surface area contributed by atoms with E-state index in [0.29, 0.717) is 0 Å². The Labute approximate surface area is 196 Å². The Kier molecular flexibility index (Phi) is 5.35. The molecular formula is C28H33N5. The van der Waals surface area contributed by atoms with E-state index in [1.165, 1.54) is 16.8 Å². The molecule has 2 aromatic carbocycles. The van der Waals surface area contributed by atoms with Gasteiger partial charge in [0, 0.05) is 48.9 Å². The first-order valence-corrected chi connectivity index (χ1v) is 11.8. The number of aromatic nitrogens is 3. The number of benzene rings is 2. The SMILES string of the molecule is Cc1ccccc1N1CCN(c2cc(C(C)(C)C)nc3c(-c4ccccc4)c(C)nn23)CC1. The van der Waals surface area contributed by atoms with Crippen LogP contribution in [-0.4, -0.2) is 40.8 Å². The van der Waals surface area contributed by atoms with Crippen LogP contribution in [0, 0.1) is 13.8 Å². The topological polar surface area (TPSA) is 36.7 Å². The first-order chi connectivity index (χ1) is 15.8. The summed E-state index contributed by atoms with van der Waals surface area (Å²) in [6.45, 7) is 14.9. The summed E-state index contributed by atoms with van der Waals surface area (Å²) in [4.78, 5) is 10.1. The highest BCUT2D eigenvalue weighted by Gasteiger charge is 2.26. The van der Waals surface area contributed by atoms with Crippen LogP contribution in [-0.2, 0) is 5.41 Å². The van der Waals surface area contributed by atoms with Gasteiger partial charge in [0.2, 0.25) is 0 Å². The lowest BCUT2D eigenvalue weighted by Crippen LogP contribution is -2.47. The van der Waals surface area contributed by atoms with E-state index in [2.05, 4.69) is 110 Å². The Hall–Kier alpha value is -3.34. The van der Waals surface area contributed by atoms with Gasteiger partial charge < -0.3 is 9.80 Å². The summed E-state index contributed by atoms with van der Waals surface area (Å²) < 4.78 is 2.07. The summed E-state index contributed by atoms with van der Waals surface area (Å²) in [5, 5.41) is 4.98. The number of hydrogen-bond acceptors (Lipinski definition) is 4. The summed E-state index contributed by atoms with van der Waals surface area (Å²) in [6.07, 6.45) is 0. The fourth-order valence-corrected chi connectivity index (χ4v) is 4.75. The fraction of sp³-hybridized carbons (Fsp3) is 0.357. The number of para-hydroxylation sites is 1. The van der Waals surface area contributed by atoms with Gasteiger partial charge in [-0.15, -0.1) is 0 Å². The highest BCUT2D eigenvalue weighted by Crippen LogP contribution is 2.33. The Morgan fingerprint density at radius 1 is 0.788 bits per heavy atom. The van der Waals surface area contributed by atoms with Crippen molar-refractivity contribution in [3.05, 3.63) is 77.6 Å². The molecular weight excluding hydrogens is 406 g/mol. The molecule has 0 radical (unpaired) electrons. The molecule has 0 atom stereocenters. The van der Waals surface area contributed by atoms with Gasteiger partial charge in [-0.05, 0) is 31.0 Å². The molecule has 1 fully saturated rings. The Bertz CT molecular complexity index is 1280. The largest absolute Gasteiger partial charge is 0.368 e. The van der Waals surface area contributed by atoms with Crippen LogP contribution in [0.25, 0.3) is 16.8 Å². The summed E-state index contributed by atoms with van der Waals surface area (Å²) in [5.41, 5.74) is 7.98. The van der Waals surface area contributed by atoms with E-state index in [9.17, 15) is 0 Å². The highest BCUT2D eigenvalue weighted by molar-refractivity contribution is 5.81. The summed E-state index contributed by atoms with van der Waals surface area (Å²) in [5.74, 6) is 1.14. The summed E-state index contributed by atoms with van der Waals surface area (Å²) in [7, 11) is 0. The highest BCUT2D eigenvalue weighted by atomic mass is 15.4. The van der Waals surface area contributed by atoms with Crippen LogP contribution in [0.5, 0.6) is 0 Å². The van der Waals surface area contributed by atoms with E-state index >= 15 is 0 Å². The van der Waals surface area contributed by atoms with Crippen LogP contribution in [0.3, 0.4) is 0 Å². The summed E-state index contributed by atoms with van der Waals surface area (Å²) in [6, 6.07) is 21.4. The molecule has 4 aromatic rings. The second-order valence-corrected chi connectivity index (χ2v) is 10.1. The fourth-order valence-electron chi connectivity index (χ4n) is 4.75. The molecule has 1 aliphatic rings. The van der Waals surface area contributed by atoms with Gasteiger partial charge in [0.1, 0.15) is 5.82 Å². The predicted octanol–water partition coefficient (Wildman–Crippen LogP) is 5.64. The van der Waals surface area contributed by atoms with Crippen molar-refractivity contribution in [3.8, 4) is 11.1 Å². The van der Waals surface area contributed by atoms with Gasteiger partial charge in [-0.25, -0.2) is 4.98 Å². The van der Waals surface area contributed by atoms with Gasteiger partial charge >= 0.3 is 0 Å². The average molecular weight is 440 g/mol. The number of anilines is 2. The smallest absolute Gasteiger partial charge is 0.165 e. The minimum Gasteiger partial charge on any atom is -0.368 e. The Morgan fingerprint density at radius 2 is 1.42 bits per heavy atom. The van der Waals surface area contributed by atoms with Crippen LogP contribution in [0.4, 0.5) is 11.5 Å². The first kappa shape index (κ1) is 21.5. The molecule has 1 saturated heterocycles. The second-order valence-electron chi connectivity index (χ2n) is 10.1. The number of fused-ring (bicyclic) bond motifs is 1. The molecule has 0 bridgehead atoms. The average Bonchev–Trinajstić information content (AvgIpc) is 3.14. The van der Waals surface area contributed by atoms with Crippen LogP contribution in [0.2, 0.25) is 0 Å². The number of nitrogens with zero attached hydrogens (tertiary/aromatic N) is 5. The van der Waals surface area contributed by atoms with Gasteiger partial charge in [0.25, 0.3) is 0 Å². The summed E-state index contributed by atoms with van der Waals surface area (Å²) >= 11 is 0. The Balaban J connectivity index is 1.56. The van der Waals surface area contributed by atoms with E-state index < -0.39 is 0 Å². The zero-order valence-electron chi connectivity index (χ0n) is 20.3. The lowest BCUT2D eigenvalue weighted by Gasteiger charge is -2.38. The normalized spacial score (nSPS) is 14.8. The van der Waals surface area contributed by atoms with Gasteiger partial charge in [0.15, 0.2) is 5.65 Å². The molecule has 5 heteroatoms. The monoisotopic (exact) mass is 439 g/mol. The van der Waals surface area contributed by atoms with Crippen molar-refractivity contribution in [1.29, 1.82) is 0 Å². The molecule has 5 rings (SSSR count). The van der Waals surface area contributed by atoms with Crippen molar-refractivity contribution in [2.75, 3.05) is 36.0 Å². The van der Waals surface area contributed by atoms with Gasteiger partial charge in [-0.1, -0.05) is 69.3 Å². The van der Waals surface area contributed by atoms with Crippen molar-refractivity contribution in [2.24, 2.45) is 0 Å². The molecule has 0 amide bonds. The van der Waals surface area contributed by atoms with Crippen molar-refractivity contribution < 1.29 is 0 Å². The zero-order valence-corrected chi connectivity index (χ0v) is 20.3. The Morgan fingerprint density at radius 3 is 2.09 bits per heavy atom. The molecule has 0 aliphatic carbocycles. The minimum atomic E-state index is -0.0500. The van der Waals surface area contributed by atoms with Crippen LogP contribution >= 0.6 is 0 Å². The third-order valence-electron chi connectivity index (χ3n) is 6.64. The number of piperazine rings is 1. The van der Waals surface area contributed by atoms with Crippen molar-refractivity contribution in [1.82, 2.24) is 14.6 Å². The van der Waals surface area contributed by atoms with Crippen LogP contribution in [0.15, 0.2) is 60.7 Å². The molecule has 0 N–H and O–H groups in total. The first-order valence-electron chi connectivity index (χ1n) is 11.8. The van der Waals surface area contributed by atoms with Gasteiger partial charge in [-0.3, -0.25) is 0 Å². The quantitative estimate of drug-likeness (QED) is 0.414. The van der Waals surface area contributed by atoms with E-state index in [1.54, 1.807) is 0 Å². The van der Waals surface area contributed by atoms with Crippen molar-refractivity contribution in [3.63, 3.8) is 0 Å². The molecule has 170 valence electrons. The minimum absolute atomic E-state index is 0.0500. The third-order valence-corrected chi connectivity index (χ3v) is 6.64. The molecule has 0 unspecified atom stereocenters. The van der Waals surface area contributed by atoms with E-state index in [1.807, 2.05) is 0 Å². The van der Waals surface area contributed by atoms with Crippen molar-refractivity contribution >= 4 is 17.2 Å². The standard InChI is InChI=1S/C28H33N5/c1-20-11-9-10-14-23(20)31-15-17-32(18-16-31)25-19-24(28(3,4)5)29-27-26(21(2)30-33(25)27)22-12-7-6-8-13-22/h6-14,19H,15-18H2,1-5H3. The van der Waals surface area contributed by atoms with E-state index in [-0.39, 0.29) is 5.41 Å². The number of hydrogen-bond donors (Lipinski definition) is 0. The molecule has 2 aromatic heterocycles. The lowest BCUT2D eigenvalue weighted by atomic mass is 9.91.